The molecule has 5 rings (SSSR count). The van der Waals surface area contributed by atoms with Gasteiger partial charge >= 0.3 is 0 Å². The van der Waals surface area contributed by atoms with E-state index in [-0.39, 0.29) is 17.0 Å². The molecule has 3 aromatic heterocycles. The van der Waals surface area contributed by atoms with Crippen LogP contribution in [0.15, 0.2) is 47.5 Å². The smallest absolute Gasteiger partial charge is 0.274 e. The largest absolute Gasteiger partial charge is 0.354 e. The maximum atomic E-state index is 15.3. The molecule has 0 spiro atoms. The number of rotatable bonds is 4. The van der Waals surface area contributed by atoms with Gasteiger partial charge in [0.2, 0.25) is 0 Å². The Labute approximate surface area is 188 Å². The van der Waals surface area contributed by atoms with Gasteiger partial charge in [-0.1, -0.05) is 18.2 Å². The fraction of sp³-hybridized carbons (Fsp3) is 0.250. The van der Waals surface area contributed by atoms with Crippen LogP contribution in [0.3, 0.4) is 0 Å². The third-order valence-corrected chi connectivity index (χ3v) is 6.12. The van der Waals surface area contributed by atoms with E-state index in [0.29, 0.717) is 35.4 Å². The summed E-state index contributed by atoms with van der Waals surface area (Å²) in [4.78, 5) is 33.2. The first kappa shape index (κ1) is 21.0. The Hall–Kier alpha value is -3.85. The molecule has 4 aromatic rings. The van der Waals surface area contributed by atoms with E-state index in [4.69, 9.17) is 0 Å². The monoisotopic (exact) mass is 446 g/mol. The first-order chi connectivity index (χ1) is 16.0. The normalized spacial score (nSPS) is 14.6. The Bertz CT molecular complexity index is 1470. The molecule has 1 amide bonds. The van der Waals surface area contributed by atoms with E-state index < -0.39 is 5.82 Å². The summed E-state index contributed by atoms with van der Waals surface area (Å²) in [5.74, 6) is -0.643. The van der Waals surface area contributed by atoms with Crippen molar-refractivity contribution in [2.24, 2.45) is 0 Å². The number of carbonyl (C=O) groups is 1. The molecule has 0 bridgehead atoms. The zero-order chi connectivity index (χ0) is 23.1. The Kier molecular flexibility index (Phi) is 5.26. The molecule has 1 aromatic carbocycles. The maximum Gasteiger partial charge on any atom is 0.274 e. The van der Waals surface area contributed by atoms with Gasteiger partial charge in [-0.2, -0.15) is 5.10 Å². The molecule has 0 atom stereocenters. The van der Waals surface area contributed by atoms with Gasteiger partial charge in [0.15, 0.2) is 5.82 Å². The second-order valence-corrected chi connectivity index (χ2v) is 8.20. The van der Waals surface area contributed by atoms with Crippen molar-refractivity contribution in [1.82, 2.24) is 29.8 Å². The van der Waals surface area contributed by atoms with Crippen molar-refractivity contribution >= 4 is 28.0 Å². The molecule has 0 aliphatic carbocycles. The van der Waals surface area contributed by atoms with Crippen LogP contribution in [-0.2, 0) is 6.54 Å². The van der Waals surface area contributed by atoms with Gasteiger partial charge in [0.05, 0.1) is 11.7 Å². The van der Waals surface area contributed by atoms with Crippen molar-refractivity contribution in [3.8, 4) is 0 Å². The van der Waals surface area contributed by atoms with Gasteiger partial charge in [-0.25, -0.2) is 8.91 Å². The van der Waals surface area contributed by atoms with Crippen molar-refractivity contribution in [2.75, 3.05) is 20.1 Å². The summed E-state index contributed by atoms with van der Waals surface area (Å²) in [5, 5.41) is 6.80. The molecule has 0 saturated carbocycles. The number of aromatic nitrogens is 4. The number of hydrogen-bond acceptors (Lipinski definition) is 5. The van der Waals surface area contributed by atoms with Crippen LogP contribution in [-0.4, -0.2) is 50.5 Å². The third kappa shape index (κ3) is 3.70. The van der Waals surface area contributed by atoms with Crippen molar-refractivity contribution < 1.29 is 9.18 Å². The van der Waals surface area contributed by atoms with E-state index in [0.717, 1.165) is 29.7 Å². The summed E-state index contributed by atoms with van der Waals surface area (Å²) < 4.78 is 16.8. The molecular formula is C24H23FN6O2. The minimum atomic E-state index is -0.427. The quantitative estimate of drug-likeness (QED) is 0.503. The van der Waals surface area contributed by atoms with Gasteiger partial charge in [-0.05, 0) is 36.6 Å². The second-order valence-electron chi connectivity index (χ2n) is 8.20. The zero-order valence-electron chi connectivity index (χ0n) is 18.4. The fourth-order valence-electron chi connectivity index (χ4n) is 4.29. The summed E-state index contributed by atoms with van der Waals surface area (Å²) >= 11 is 0. The third-order valence-electron chi connectivity index (χ3n) is 6.12. The molecule has 0 unspecified atom stereocenters. The van der Waals surface area contributed by atoms with Crippen LogP contribution < -0.4 is 10.9 Å². The number of hydrogen-bond donors (Lipinski definition) is 2. The molecule has 0 saturated heterocycles. The molecule has 8 nitrogen and oxygen atoms in total. The molecule has 0 radical (unpaired) electrons. The number of pyridine rings is 1. The lowest BCUT2D eigenvalue weighted by Gasteiger charge is -2.26. The zero-order valence-corrected chi connectivity index (χ0v) is 18.4. The predicted molar refractivity (Wildman–Crippen MR) is 124 cm³/mol. The molecule has 1 aliphatic heterocycles. The standard InChI is InChI=1S/C24H23FN6O2/c1-14-11-28-31-19-6-4-17(20(25)21(19)29-24(33)22(14)31)13-30-9-7-15(8-10-30)16-3-5-18(27-12-16)23(32)26-2/h3-7,11-12H,8-10,13H2,1-2H3,(H,26,32)(H,29,33). The average Bonchev–Trinajstić information content (AvgIpc) is 3.24. The van der Waals surface area contributed by atoms with Gasteiger partial charge in [0.1, 0.15) is 16.7 Å². The highest BCUT2D eigenvalue weighted by Crippen LogP contribution is 2.25. The van der Waals surface area contributed by atoms with Gasteiger partial charge in [-0.15, -0.1) is 0 Å². The number of nitrogens with zero attached hydrogens (tertiary/aromatic N) is 4. The molecule has 168 valence electrons. The molecule has 33 heavy (non-hydrogen) atoms. The Balaban J connectivity index is 1.36. The summed E-state index contributed by atoms with van der Waals surface area (Å²) in [6.07, 6.45) is 6.22. The van der Waals surface area contributed by atoms with Crippen molar-refractivity contribution in [3.05, 3.63) is 81.3 Å². The Morgan fingerprint density at radius 3 is 2.79 bits per heavy atom. The fourth-order valence-corrected chi connectivity index (χ4v) is 4.29. The Morgan fingerprint density at radius 2 is 2.09 bits per heavy atom. The number of nitrogens with one attached hydrogen (secondary N) is 2. The SMILES string of the molecule is CNC(=O)c1ccc(C2=CCN(Cc3ccc4c([nH]c(=O)c5c(C)cnn54)c3F)CC2)cn1. The topological polar surface area (TPSA) is 95.4 Å². The lowest BCUT2D eigenvalue weighted by Crippen LogP contribution is -2.28. The van der Waals surface area contributed by atoms with Gasteiger partial charge in [0, 0.05) is 44.0 Å². The number of carbonyl (C=O) groups excluding carboxylic acids is 1. The minimum absolute atomic E-state index is 0.170. The second kappa shape index (κ2) is 8.25. The average molecular weight is 446 g/mol. The van der Waals surface area contributed by atoms with Crippen LogP contribution >= 0.6 is 0 Å². The van der Waals surface area contributed by atoms with Crippen LogP contribution in [0.25, 0.3) is 22.1 Å². The summed E-state index contributed by atoms with van der Waals surface area (Å²) in [7, 11) is 1.57. The van der Waals surface area contributed by atoms with E-state index in [1.54, 1.807) is 44.6 Å². The number of amides is 1. The van der Waals surface area contributed by atoms with Crippen molar-refractivity contribution in [1.29, 1.82) is 0 Å². The lowest BCUT2D eigenvalue weighted by atomic mass is 10.0. The number of aryl methyl sites for hydroxylation is 1. The van der Waals surface area contributed by atoms with Crippen molar-refractivity contribution in [2.45, 2.75) is 19.9 Å². The number of halogens is 1. The number of aromatic amines is 1. The van der Waals surface area contributed by atoms with Crippen LogP contribution in [0.4, 0.5) is 4.39 Å². The summed E-state index contributed by atoms with van der Waals surface area (Å²) in [6.45, 7) is 3.66. The van der Waals surface area contributed by atoms with Crippen LogP contribution in [0.5, 0.6) is 0 Å². The van der Waals surface area contributed by atoms with Gasteiger partial charge in [0.25, 0.3) is 11.5 Å². The molecule has 9 heteroatoms. The van der Waals surface area contributed by atoms with E-state index in [1.807, 2.05) is 6.07 Å². The molecule has 4 heterocycles. The van der Waals surface area contributed by atoms with Crippen LogP contribution in [0.1, 0.15) is 33.6 Å². The number of fused-ring (bicyclic) bond motifs is 3. The number of benzene rings is 1. The lowest BCUT2D eigenvalue weighted by molar-refractivity contribution is 0.0958. The van der Waals surface area contributed by atoms with Gasteiger partial charge < -0.3 is 10.3 Å². The molecule has 1 aliphatic rings. The first-order valence-corrected chi connectivity index (χ1v) is 10.7. The highest BCUT2D eigenvalue weighted by molar-refractivity contribution is 5.92. The predicted octanol–water partition coefficient (Wildman–Crippen LogP) is 2.67. The van der Waals surface area contributed by atoms with Crippen LogP contribution in [0, 0.1) is 12.7 Å². The molecule has 2 N–H and O–H groups in total. The number of H-pyrrole nitrogens is 1. The van der Waals surface area contributed by atoms with Crippen molar-refractivity contribution in [3.63, 3.8) is 0 Å². The highest BCUT2D eigenvalue weighted by Gasteiger charge is 2.19. The molecule has 0 fully saturated rings. The minimum Gasteiger partial charge on any atom is -0.354 e. The van der Waals surface area contributed by atoms with E-state index >= 15 is 4.39 Å². The first-order valence-electron chi connectivity index (χ1n) is 10.7. The Morgan fingerprint density at radius 1 is 1.24 bits per heavy atom. The summed E-state index contributed by atoms with van der Waals surface area (Å²) in [5.41, 5.74) is 4.57. The summed E-state index contributed by atoms with van der Waals surface area (Å²) in [6, 6.07) is 7.17. The maximum absolute atomic E-state index is 15.3. The van der Waals surface area contributed by atoms with E-state index in [1.165, 1.54) is 4.52 Å². The highest BCUT2D eigenvalue weighted by atomic mass is 19.1. The van der Waals surface area contributed by atoms with Crippen LogP contribution in [0.2, 0.25) is 0 Å². The van der Waals surface area contributed by atoms with E-state index in [2.05, 4.69) is 31.4 Å². The molecular weight excluding hydrogens is 423 g/mol. The van der Waals surface area contributed by atoms with Gasteiger partial charge in [-0.3, -0.25) is 19.5 Å². The van der Waals surface area contributed by atoms with E-state index in [9.17, 15) is 9.59 Å².